The van der Waals surface area contributed by atoms with E-state index in [2.05, 4.69) is 4.99 Å². The number of carbonyl (C=O) groups is 1. The Hall–Kier alpha value is -1.77. The smallest absolute Gasteiger partial charge is 0.283 e. The van der Waals surface area contributed by atoms with Crippen LogP contribution in [0.3, 0.4) is 0 Å². The van der Waals surface area contributed by atoms with Crippen LogP contribution in [0.4, 0.5) is 0 Å². The number of hydrogen-bond donors (Lipinski definition) is 0. The van der Waals surface area contributed by atoms with Gasteiger partial charge in [0.2, 0.25) is 0 Å². The number of methoxy groups -OCH3 is 1. The highest BCUT2D eigenvalue weighted by molar-refractivity contribution is 7.91. The van der Waals surface area contributed by atoms with Gasteiger partial charge in [-0.25, -0.2) is 12.7 Å². The summed E-state index contributed by atoms with van der Waals surface area (Å²) < 4.78 is 37.2. The van der Waals surface area contributed by atoms with Gasteiger partial charge in [0.1, 0.15) is 5.71 Å². The first kappa shape index (κ1) is 18.0. The van der Waals surface area contributed by atoms with E-state index in [4.69, 9.17) is 9.47 Å². The van der Waals surface area contributed by atoms with Gasteiger partial charge in [0.15, 0.2) is 5.25 Å². The summed E-state index contributed by atoms with van der Waals surface area (Å²) in [4.78, 5) is 17.4. The minimum absolute atomic E-state index is 0.00615. The Morgan fingerprint density at radius 1 is 1.24 bits per heavy atom. The Morgan fingerprint density at radius 3 is 2.56 bits per heavy atom. The molecule has 3 rings (SSSR count). The lowest BCUT2D eigenvalue weighted by Gasteiger charge is -2.19. The van der Waals surface area contributed by atoms with Gasteiger partial charge in [-0.15, -0.1) is 0 Å². The summed E-state index contributed by atoms with van der Waals surface area (Å²) in [5, 5.41) is -1.05. The van der Waals surface area contributed by atoms with Crippen molar-refractivity contribution in [1.82, 2.24) is 4.31 Å². The van der Waals surface area contributed by atoms with Crippen LogP contribution in [0, 0.1) is 0 Å². The molecule has 2 fully saturated rings. The maximum Gasteiger partial charge on any atom is 0.283 e. The van der Waals surface area contributed by atoms with Crippen LogP contribution in [0.5, 0.6) is 0 Å². The largest absolute Gasteiger partial charge is 0.383 e. The van der Waals surface area contributed by atoms with Gasteiger partial charge in [0.05, 0.1) is 19.2 Å². The second kappa shape index (κ2) is 7.63. The third-order valence-electron chi connectivity index (χ3n) is 4.41. The molecule has 8 heteroatoms. The molecule has 1 atom stereocenters. The number of amides is 1. The molecule has 25 heavy (non-hydrogen) atoms. The van der Waals surface area contributed by atoms with Crippen molar-refractivity contribution in [2.75, 3.05) is 33.5 Å². The molecule has 7 nitrogen and oxygen atoms in total. The van der Waals surface area contributed by atoms with Crippen LogP contribution in [0.15, 0.2) is 35.3 Å². The molecule has 2 heterocycles. The number of carbonyl (C=O) groups excluding carboxylic acids is 1. The fourth-order valence-corrected chi connectivity index (χ4v) is 4.97. The number of benzene rings is 1. The highest BCUT2D eigenvalue weighted by Gasteiger charge is 2.50. The normalized spacial score (nSPS) is 25.6. The lowest BCUT2D eigenvalue weighted by molar-refractivity contribution is -0.119. The van der Waals surface area contributed by atoms with Crippen molar-refractivity contribution < 1.29 is 22.7 Å². The van der Waals surface area contributed by atoms with Gasteiger partial charge in [0.25, 0.3) is 15.9 Å². The molecule has 0 radical (unpaired) electrons. The van der Waals surface area contributed by atoms with E-state index in [-0.39, 0.29) is 24.9 Å². The van der Waals surface area contributed by atoms with Crippen LogP contribution < -0.4 is 0 Å². The van der Waals surface area contributed by atoms with E-state index < -0.39 is 21.2 Å². The quantitative estimate of drug-likeness (QED) is 0.781. The molecule has 136 valence electrons. The molecule has 1 unspecified atom stereocenters. The van der Waals surface area contributed by atoms with E-state index in [1.807, 2.05) is 6.07 Å². The van der Waals surface area contributed by atoms with Crippen molar-refractivity contribution in [3.63, 3.8) is 0 Å². The molecular weight excluding hydrogens is 344 g/mol. The molecule has 1 amide bonds. The topological polar surface area (TPSA) is 85.3 Å². The van der Waals surface area contributed by atoms with E-state index in [1.54, 1.807) is 24.3 Å². The Morgan fingerprint density at radius 2 is 1.92 bits per heavy atom. The number of aliphatic imine (C=N–C) groups is 1. The third kappa shape index (κ3) is 3.61. The van der Waals surface area contributed by atoms with E-state index >= 15 is 0 Å². The average Bonchev–Trinajstić information content (AvgIpc) is 2.80. The second-order valence-corrected chi connectivity index (χ2v) is 8.01. The van der Waals surface area contributed by atoms with E-state index in [0.717, 1.165) is 4.31 Å². The van der Waals surface area contributed by atoms with Gasteiger partial charge in [-0.1, -0.05) is 30.3 Å². The van der Waals surface area contributed by atoms with Crippen LogP contribution in [0.25, 0.3) is 0 Å². The number of ether oxygens (including phenoxy) is 2. The van der Waals surface area contributed by atoms with Gasteiger partial charge >= 0.3 is 0 Å². The number of nitrogens with zero attached hydrogens (tertiary/aromatic N) is 2. The first-order valence-electron chi connectivity index (χ1n) is 8.31. The average molecular weight is 366 g/mol. The molecule has 2 saturated heterocycles. The fourth-order valence-electron chi connectivity index (χ4n) is 3.12. The Balaban J connectivity index is 2.02. The first-order valence-corrected chi connectivity index (χ1v) is 9.81. The molecule has 2 aliphatic rings. The summed E-state index contributed by atoms with van der Waals surface area (Å²) in [7, 11) is -2.39. The van der Waals surface area contributed by atoms with E-state index in [0.29, 0.717) is 31.6 Å². The summed E-state index contributed by atoms with van der Waals surface area (Å²) in [6.07, 6.45) is 1.38. The standard InChI is InChI=1S/C17H22N2O5S/c1-23-12-9-19-17(20)15(18-14-7-10-24-11-8-14)16(25(19,21)22)13-5-3-2-4-6-13/h2-6,14,16H,7-12H2,1H3. The zero-order chi connectivity index (χ0) is 17.9. The summed E-state index contributed by atoms with van der Waals surface area (Å²) in [5.74, 6) is -0.544. The van der Waals surface area contributed by atoms with Crippen LogP contribution in [0.1, 0.15) is 23.7 Å². The molecule has 0 spiro atoms. The highest BCUT2D eigenvalue weighted by atomic mass is 32.2. The molecule has 2 aliphatic heterocycles. The maximum atomic E-state index is 13.0. The van der Waals surface area contributed by atoms with Crippen molar-refractivity contribution in [3.8, 4) is 0 Å². The van der Waals surface area contributed by atoms with Crippen LogP contribution in [0.2, 0.25) is 0 Å². The second-order valence-electron chi connectivity index (χ2n) is 6.06. The minimum atomic E-state index is -3.86. The number of sulfonamides is 1. The lowest BCUT2D eigenvalue weighted by Crippen LogP contribution is -2.34. The number of rotatable bonds is 5. The minimum Gasteiger partial charge on any atom is -0.383 e. The summed E-state index contributed by atoms with van der Waals surface area (Å²) in [6, 6.07) is 8.68. The fraction of sp³-hybridized carbons (Fsp3) is 0.529. The van der Waals surface area contributed by atoms with Crippen molar-refractivity contribution in [3.05, 3.63) is 35.9 Å². The molecular formula is C17H22N2O5S. The molecule has 1 aromatic rings. The van der Waals surface area contributed by atoms with Crippen molar-refractivity contribution in [2.24, 2.45) is 4.99 Å². The summed E-state index contributed by atoms with van der Waals surface area (Å²) in [6.45, 7) is 1.29. The number of hydrogen-bond acceptors (Lipinski definition) is 6. The van der Waals surface area contributed by atoms with Crippen molar-refractivity contribution >= 4 is 21.6 Å². The highest BCUT2D eigenvalue weighted by Crippen LogP contribution is 2.35. The van der Waals surface area contributed by atoms with Gasteiger partial charge in [0, 0.05) is 20.3 Å². The Bertz CT molecular complexity index is 742. The van der Waals surface area contributed by atoms with Gasteiger partial charge < -0.3 is 9.47 Å². The van der Waals surface area contributed by atoms with Crippen LogP contribution >= 0.6 is 0 Å². The first-order chi connectivity index (χ1) is 12.1. The zero-order valence-corrected chi connectivity index (χ0v) is 14.9. The third-order valence-corrected chi connectivity index (χ3v) is 6.47. The monoisotopic (exact) mass is 366 g/mol. The van der Waals surface area contributed by atoms with Crippen molar-refractivity contribution in [1.29, 1.82) is 0 Å². The van der Waals surface area contributed by atoms with Gasteiger partial charge in [-0.2, -0.15) is 0 Å². The summed E-state index contributed by atoms with van der Waals surface area (Å²) >= 11 is 0. The van der Waals surface area contributed by atoms with Gasteiger partial charge in [-0.3, -0.25) is 9.79 Å². The van der Waals surface area contributed by atoms with Crippen molar-refractivity contribution in [2.45, 2.75) is 24.1 Å². The van der Waals surface area contributed by atoms with Crippen LogP contribution in [-0.4, -0.2) is 63.9 Å². The SMILES string of the molecule is COCCN1C(=O)C(=NC2CCOCC2)C(c2ccccc2)S1(=O)=O. The Labute approximate surface area is 147 Å². The molecule has 0 bridgehead atoms. The lowest BCUT2D eigenvalue weighted by atomic mass is 10.1. The molecule has 0 aliphatic carbocycles. The predicted molar refractivity (Wildman–Crippen MR) is 93.0 cm³/mol. The molecule has 0 saturated carbocycles. The predicted octanol–water partition coefficient (Wildman–Crippen LogP) is 1.17. The van der Waals surface area contributed by atoms with E-state index in [9.17, 15) is 13.2 Å². The summed E-state index contributed by atoms with van der Waals surface area (Å²) in [5.41, 5.74) is 0.663. The van der Waals surface area contributed by atoms with Gasteiger partial charge in [-0.05, 0) is 18.4 Å². The van der Waals surface area contributed by atoms with E-state index in [1.165, 1.54) is 7.11 Å². The Kier molecular flexibility index (Phi) is 5.51. The van der Waals surface area contributed by atoms with Crippen LogP contribution in [-0.2, 0) is 24.3 Å². The molecule has 1 aromatic carbocycles. The zero-order valence-electron chi connectivity index (χ0n) is 14.1. The molecule has 0 N–H and O–H groups in total. The molecule has 0 aromatic heterocycles. The maximum absolute atomic E-state index is 13.0.